The lowest BCUT2D eigenvalue weighted by atomic mass is 9.92. The van der Waals surface area contributed by atoms with Gasteiger partial charge in [-0.3, -0.25) is 0 Å². The predicted molar refractivity (Wildman–Crippen MR) is 70.5 cm³/mol. The van der Waals surface area contributed by atoms with Gasteiger partial charge in [0.05, 0.1) is 5.69 Å². The van der Waals surface area contributed by atoms with E-state index in [1.807, 2.05) is 24.4 Å². The lowest BCUT2D eigenvalue weighted by molar-refractivity contribution is 0.0445. The second-order valence-electron chi connectivity index (χ2n) is 5.22. The highest BCUT2D eigenvalue weighted by atomic mass is 16.5. The van der Waals surface area contributed by atoms with Gasteiger partial charge in [0, 0.05) is 37.7 Å². The number of ether oxygens (including phenoxy) is 1. The summed E-state index contributed by atoms with van der Waals surface area (Å²) in [6.07, 6.45) is 6.26. The SMILES string of the molecule is CC1(NCc2cn3ccccc3n2)CCOCC1. The van der Waals surface area contributed by atoms with Crippen molar-refractivity contribution in [1.29, 1.82) is 0 Å². The summed E-state index contributed by atoms with van der Waals surface area (Å²) in [5.41, 5.74) is 2.29. The Hall–Kier alpha value is -1.39. The monoisotopic (exact) mass is 245 g/mol. The highest BCUT2D eigenvalue weighted by Gasteiger charge is 2.26. The number of fused-ring (bicyclic) bond motifs is 1. The molecule has 1 N–H and O–H groups in total. The fourth-order valence-electron chi connectivity index (χ4n) is 2.38. The second kappa shape index (κ2) is 4.71. The van der Waals surface area contributed by atoms with Crippen LogP contribution in [0.25, 0.3) is 5.65 Å². The van der Waals surface area contributed by atoms with Gasteiger partial charge in [0.25, 0.3) is 0 Å². The van der Waals surface area contributed by atoms with E-state index in [9.17, 15) is 0 Å². The smallest absolute Gasteiger partial charge is 0.137 e. The highest BCUT2D eigenvalue weighted by Crippen LogP contribution is 2.20. The number of pyridine rings is 1. The maximum Gasteiger partial charge on any atom is 0.137 e. The molecule has 0 aromatic carbocycles. The van der Waals surface area contributed by atoms with Crippen LogP contribution in [0.1, 0.15) is 25.5 Å². The van der Waals surface area contributed by atoms with E-state index in [1.165, 1.54) is 0 Å². The minimum atomic E-state index is 0.189. The van der Waals surface area contributed by atoms with Crippen LogP contribution in [-0.4, -0.2) is 28.1 Å². The molecule has 4 heteroatoms. The van der Waals surface area contributed by atoms with Gasteiger partial charge >= 0.3 is 0 Å². The predicted octanol–water partition coefficient (Wildman–Crippen LogP) is 1.99. The quantitative estimate of drug-likeness (QED) is 0.898. The topological polar surface area (TPSA) is 38.6 Å². The third-order valence-electron chi connectivity index (χ3n) is 3.71. The van der Waals surface area contributed by atoms with Crippen molar-refractivity contribution in [3.63, 3.8) is 0 Å². The number of aromatic nitrogens is 2. The van der Waals surface area contributed by atoms with Crippen molar-refractivity contribution in [3.05, 3.63) is 36.3 Å². The molecule has 2 aromatic heterocycles. The van der Waals surface area contributed by atoms with Crippen LogP contribution in [0.3, 0.4) is 0 Å². The molecule has 96 valence electrons. The molecule has 0 unspecified atom stereocenters. The molecule has 1 aliphatic heterocycles. The average Bonchev–Trinajstić information content (AvgIpc) is 2.80. The fraction of sp³-hybridized carbons (Fsp3) is 0.500. The van der Waals surface area contributed by atoms with Crippen LogP contribution in [0.4, 0.5) is 0 Å². The van der Waals surface area contributed by atoms with E-state index in [1.54, 1.807) is 0 Å². The minimum Gasteiger partial charge on any atom is -0.381 e. The molecule has 1 aliphatic rings. The fourth-order valence-corrected chi connectivity index (χ4v) is 2.38. The molecule has 0 bridgehead atoms. The average molecular weight is 245 g/mol. The van der Waals surface area contributed by atoms with E-state index in [4.69, 9.17) is 4.74 Å². The van der Waals surface area contributed by atoms with Crippen molar-refractivity contribution in [2.75, 3.05) is 13.2 Å². The third-order valence-corrected chi connectivity index (χ3v) is 3.71. The molecule has 1 saturated heterocycles. The highest BCUT2D eigenvalue weighted by molar-refractivity contribution is 5.39. The van der Waals surface area contributed by atoms with Gasteiger partial charge in [-0.1, -0.05) is 6.07 Å². The Kier molecular flexibility index (Phi) is 3.06. The van der Waals surface area contributed by atoms with Gasteiger partial charge in [-0.25, -0.2) is 4.98 Å². The van der Waals surface area contributed by atoms with E-state index in [2.05, 4.69) is 27.8 Å². The van der Waals surface area contributed by atoms with Gasteiger partial charge in [0.1, 0.15) is 5.65 Å². The number of hydrogen-bond donors (Lipinski definition) is 1. The molecule has 0 aliphatic carbocycles. The van der Waals surface area contributed by atoms with Crippen molar-refractivity contribution in [2.24, 2.45) is 0 Å². The summed E-state index contributed by atoms with van der Waals surface area (Å²) in [6, 6.07) is 6.06. The number of rotatable bonds is 3. The van der Waals surface area contributed by atoms with Crippen LogP contribution in [0.15, 0.2) is 30.6 Å². The molecule has 0 spiro atoms. The van der Waals surface area contributed by atoms with Crippen LogP contribution < -0.4 is 5.32 Å². The van der Waals surface area contributed by atoms with Crippen LogP contribution >= 0.6 is 0 Å². The zero-order valence-electron chi connectivity index (χ0n) is 10.7. The molecule has 2 aromatic rings. The van der Waals surface area contributed by atoms with E-state index in [-0.39, 0.29) is 5.54 Å². The van der Waals surface area contributed by atoms with Gasteiger partial charge in [0.15, 0.2) is 0 Å². The van der Waals surface area contributed by atoms with E-state index < -0.39 is 0 Å². The van der Waals surface area contributed by atoms with Crippen LogP contribution in [0, 0.1) is 0 Å². The molecular formula is C14H19N3O. The Morgan fingerprint density at radius 1 is 1.39 bits per heavy atom. The lowest BCUT2D eigenvalue weighted by Crippen LogP contribution is -2.46. The molecule has 0 atom stereocenters. The largest absolute Gasteiger partial charge is 0.381 e. The Morgan fingerprint density at radius 3 is 3.00 bits per heavy atom. The molecular weight excluding hydrogens is 226 g/mol. The van der Waals surface area contributed by atoms with Gasteiger partial charge < -0.3 is 14.5 Å². The third kappa shape index (κ3) is 2.40. The number of nitrogens with zero attached hydrogens (tertiary/aromatic N) is 2. The Balaban J connectivity index is 1.69. The Labute approximate surface area is 107 Å². The summed E-state index contributed by atoms with van der Waals surface area (Å²) < 4.78 is 7.46. The van der Waals surface area contributed by atoms with Crippen LogP contribution in [0.2, 0.25) is 0 Å². The summed E-state index contributed by atoms with van der Waals surface area (Å²) in [5, 5.41) is 3.62. The van der Waals surface area contributed by atoms with Gasteiger partial charge in [-0.15, -0.1) is 0 Å². The van der Waals surface area contributed by atoms with E-state index in [0.717, 1.165) is 43.9 Å². The summed E-state index contributed by atoms with van der Waals surface area (Å²) in [4.78, 5) is 4.60. The summed E-state index contributed by atoms with van der Waals surface area (Å²) in [7, 11) is 0. The first-order chi connectivity index (χ1) is 8.75. The minimum absolute atomic E-state index is 0.189. The zero-order chi connectivity index (χ0) is 12.4. The summed E-state index contributed by atoms with van der Waals surface area (Å²) in [5.74, 6) is 0. The van der Waals surface area contributed by atoms with E-state index >= 15 is 0 Å². The lowest BCUT2D eigenvalue weighted by Gasteiger charge is -2.34. The summed E-state index contributed by atoms with van der Waals surface area (Å²) in [6.45, 7) is 4.80. The molecule has 18 heavy (non-hydrogen) atoms. The molecule has 3 heterocycles. The first-order valence-corrected chi connectivity index (χ1v) is 6.51. The Bertz CT molecular complexity index is 496. The zero-order valence-corrected chi connectivity index (χ0v) is 10.7. The Morgan fingerprint density at radius 2 is 2.22 bits per heavy atom. The standard InChI is InChI=1S/C14H19N3O/c1-14(5-8-18-9-6-14)15-10-12-11-17-7-3-2-4-13(17)16-12/h2-4,7,11,15H,5-6,8-10H2,1H3. The number of nitrogens with one attached hydrogen (secondary N) is 1. The summed E-state index contributed by atoms with van der Waals surface area (Å²) >= 11 is 0. The van der Waals surface area contributed by atoms with Crippen molar-refractivity contribution in [3.8, 4) is 0 Å². The molecule has 0 amide bonds. The van der Waals surface area contributed by atoms with Gasteiger partial charge in [-0.05, 0) is 31.9 Å². The molecule has 0 saturated carbocycles. The second-order valence-corrected chi connectivity index (χ2v) is 5.22. The van der Waals surface area contributed by atoms with Crippen molar-refractivity contribution < 1.29 is 4.74 Å². The maximum atomic E-state index is 5.41. The molecule has 0 radical (unpaired) electrons. The number of hydrogen-bond acceptors (Lipinski definition) is 3. The molecule has 4 nitrogen and oxygen atoms in total. The van der Waals surface area contributed by atoms with Gasteiger partial charge in [0.2, 0.25) is 0 Å². The van der Waals surface area contributed by atoms with Crippen molar-refractivity contribution >= 4 is 5.65 Å². The molecule has 3 rings (SSSR count). The first kappa shape index (κ1) is 11.7. The van der Waals surface area contributed by atoms with E-state index in [0.29, 0.717) is 0 Å². The van der Waals surface area contributed by atoms with Crippen molar-refractivity contribution in [1.82, 2.24) is 14.7 Å². The maximum absolute atomic E-state index is 5.41. The van der Waals surface area contributed by atoms with Crippen molar-refractivity contribution in [2.45, 2.75) is 31.8 Å². The normalized spacial score (nSPS) is 19.2. The molecule has 1 fully saturated rings. The first-order valence-electron chi connectivity index (χ1n) is 6.51. The van der Waals surface area contributed by atoms with Crippen LogP contribution in [0.5, 0.6) is 0 Å². The van der Waals surface area contributed by atoms with Gasteiger partial charge in [-0.2, -0.15) is 0 Å². The number of imidazole rings is 1. The van der Waals surface area contributed by atoms with Crippen LogP contribution in [-0.2, 0) is 11.3 Å².